The van der Waals surface area contributed by atoms with E-state index < -0.39 is 13.3 Å². The fourth-order valence-corrected chi connectivity index (χ4v) is 1.56. The summed E-state index contributed by atoms with van der Waals surface area (Å²) in [6, 6.07) is 4.58. The molecular formula is C8H8BBrF3KO. The van der Waals surface area contributed by atoms with Crippen LogP contribution in [0.4, 0.5) is 12.9 Å². The van der Waals surface area contributed by atoms with Crippen LogP contribution in [0, 0.1) is 0 Å². The molecule has 0 aliphatic heterocycles. The molecule has 1 rings (SSSR count). The third kappa shape index (κ3) is 5.74. The number of halogens is 4. The van der Waals surface area contributed by atoms with Crippen molar-refractivity contribution in [2.45, 2.75) is 6.32 Å². The van der Waals surface area contributed by atoms with Crippen LogP contribution < -0.4 is 56.1 Å². The molecule has 0 radical (unpaired) electrons. The zero-order valence-electron chi connectivity index (χ0n) is 8.44. The van der Waals surface area contributed by atoms with Crippen molar-refractivity contribution in [3.8, 4) is 5.75 Å². The predicted molar refractivity (Wildman–Crippen MR) is 53.5 cm³/mol. The minimum atomic E-state index is -4.82. The summed E-state index contributed by atoms with van der Waals surface area (Å²) in [7, 11) is 1.36. The van der Waals surface area contributed by atoms with E-state index in [2.05, 4.69) is 15.9 Å². The van der Waals surface area contributed by atoms with Crippen molar-refractivity contribution in [3.05, 3.63) is 28.2 Å². The van der Waals surface area contributed by atoms with E-state index in [0.717, 1.165) is 0 Å². The summed E-state index contributed by atoms with van der Waals surface area (Å²) in [6.45, 7) is -4.82. The van der Waals surface area contributed by atoms with E-state index >= 15 is 0 Å². The molecule has 0 unspecified atom stereocenters. The molecule has 0 aromatic heterocycles. The molecule has 0 amide bonds. The van der Waals surface area contributed by atoms with Gasteiger partial charge in [0.05, 0.1) is 7.11 Å². The van der Waals surface area contributed by atoms with Gasteiger partial charge in [0.2, 0.25) is 0 Å². The van der Waals surface area contributed by atoms with Crippen LogP contribution in [-0.2, 0) is 6.32 Å². The fourth-order valence-electron chi connectivity index (χ4n) is 1.16. The van der Waals surface area contributed by atoms with Crippen LogP contribution in [0.2, 0.25) is 0 Å². The molecule has 1 nitrogen and oxygen atoms in total. The molecule has 0 aliphatic carbocycles. The first-order valence-corrected chi connectivity index (χ1v) is 4.75. The number of ether oxygens (including phenoxy) is 1. The molecular weight excluding hydrogens is 299 g/mol. The molecule has 0 fully saturated rings. The average molecular weight is 307 g/mol. The summed E-state index contributed by atoms with van der Waals surface area (Å²) >= 11 is 3.12. The molecule has 0 saturated carbocycles. The van der Waals surface area contributed by atoms with Gasteiger partial charge >= 0.3 is 58.4 Å². The standard InChI is InChI=1S/C8H8BBrF3O.K/c1-14-8-3-2-7(10)4-6(8)5-9(11,12)13;/h2-4H,5H2,1H3;/q-1;+1. The van der Waals surface area contributed by atoms with Crippen LogP contribution in [0.5, 0.6) is 5.75 Å². The van der Waals surface area contributed by atoms with E-state index in [-0.39, 0.29) is 62.7 Å². The van der Waals surface area contributed by atoms with Gasteiger partial charge in [-0.1, -0.05) is 22.3 Å². The van der Waals surface area contributed by atoms with Gasteiger partial charge in [0.25, 0.3) is 0 Å². The van der Waals surface area contributed by atoms with Crippen molar-refractivity contribution >= 4 is 22.9 Å². The average Bonchev–Trinajstić information content (AvgIpc) is 2.01. The maximum absolute atomic E-state index is 12.2. The molecule has 1 aromatic rings. The quantitative estimate of drug-likeness (QED) is 0.734. The van der Waals surface area contributed by atoms with Crippen LogP contribution in [0.3, 0.4) is 0 Å². The van der Waals surface area contributed by atoms with E-state index in [1.807, 2.05) is 0 Å². The van der Waals surface area contributed by atoms with E-state index in [4.69, 9.17) is 4.74 Å². The molecule has 0 N–H and O–H groups in total. The van der Waals surface area contributed by atoms with Gasteiger partial charge < -0.3 is 17.7 Å². The maximum atomic E-state index is 12.2. The third-order valence-electron chi connectivity index (χ3n) is 1.69. The van der Waals surface area contributed by atoms with Crippen molar-refractivity contribution in [2.75, 3.05) is 7.11 Å². The van der Waals surface area contributed by atoms with Gasteiger partial charge in [-0.25, -0.2) is 0 Å². The number of rotatable bonds is 3. The molecule has 15 heavy (non-hydrogen) atoms. The molecule has 0 heterocycles. The van der Waals surface area contributed by atoms with E-state index in [0.29, 0.717) is 4.47 Å². The van der Waals surface area contributed by atoms with Crippen LogP contribution in [0.25, 0.3) is 0 Å². The Bertz CT molecular complexity index is 332. The van der Waals surface area contributed by atoms with Gasteiger partial charge in [-0.2, -0.15) is 0 Å². The zero-order valence-corrected chi connectivity index (χ0v) is 13.1. The smallest absolute Gasteiger partial charge is 0.497 e. The van der Waals surface area contributed by atoms with E-state index in [1.54, 1.807) is 6.07 Å². The van der Waals surface area contributed by atoms with Crippen LogP contribution in [0.15, 0.2) is 22.7 Å². The molecule has 0 bridgehead atoms. The fraction of sp³-hybridized carbons (Fsp3) is 0.250. The summed E-state index contributed by atoms with van der Waals surface area (Å²) in [5.41, 5.74) is 0.161. The Kier molecular flexibility index (Phi) is 7.10. The van der Waals surface area contributed by atoms with Crippen molar-refractivity contribution in [3.63, 3.8) is 0 Å². The van der Waals surface area contributed by atoms with Crippen molar-refractivity contribution < 1.29 is 69.1 Å². The Morgan fingerprint density at radius 2 is 1.93 bits per heavy atom. The molecule has 78 valence electrons. The molecule has 0 aliphatic rings. The molecule has 7 heteroatoms. The summed E-state index contributed by atoms with van der Waals surface area (Å²) in [6.07, 6.45) is -0.914. The number of hydrogen-bond donors (Lipinski definition) is 0. The summed E-state index contributed by atoms with van der Waals surface area (Å²) < 4.78 is 42.0. The Morgan fingerprint density at radius 3 is 2.40 bits per heavy atom. The summed E-state index contributed by atoms with van der Waals surface area (Å²) in [5.74, 6) is 0.271. The zero-order chi connectivity index (χ0) is 10.8. The predicted octanol–water partition coefficient (Wildman–Crippen LogP) is 0.391. The molecule has 1 aromatic carbocycles. The van der Waals surface area contributed by atoms with Crippen molar-refractivity contribution in [1.82, 2.24) is 0 Å². The second-order valence-electron chi connectivity index (χ2n) is 2.87. The molecule has 0 saturated heterocycles. The number of benzene rings is 1. The van der Waals surface area contributed by atoms with Crippen LogP contribution in [-0.4, -0.2) is 14.1 Å². The van der Waals surface area contributed by atoms with Gasteiger partial charge in [-0.3, -0.25) is 0 Å². The first-order valence-electron chi connectivity index (χ1n) is 3.96. The second-order valence-corrected chi connectivity index (χ2v) is 3.79. The Labute approximate surface area is 137 Å². The normalized spacial score (nSPS) is 10.7. The van der Waals surface area contributed by atoms with Crippen molar-refractivity contribution in [2.24, 2.45) is 0 Å². The van der Waals surface area contributed by atoms with E-state index in [1.165, 1.54) is 19.2 Å². The Morgan fingerprint density at radius 1 is 1.33 bits per heavy atom. The van der Waals surface area contributed by atoms with E-state index in [9.17, 15) is 12.9 Å². The summed E-state index contributed by atoms with van der Waals surface area (Å²) in [5, 5.41) is 0. The second kappa shape index (κ2) is 6.66. The number of methoxy groups -OCH3 is 1. The topological polar surface area (TPSA) is 9.23 Å². The van der Waals surface area contributed by atoms with Gasteiger partial charge in [-0.15, -0.1) is 0 Å². The van der Waals surface area contributed by atoms with Gasteiger partial charge in [0, 0.05) is 4.47 Å². The first-order chi connectivity index (χ1) is 6.42. The SMILES string of the molecule is COc1ccc(Br)cc1C[B-](F)(F)F.[K+]. The van der Waals surface area contributed by atoms with Crippen molar-refractivity contribution in [1.29, 1.82) is 0 Å². The Balaban J connectivity index is 0.00000196. The van der Waals surface area contributed by atoms with Gasteiger partial charge in [-0.05, 0) is 23.8 Å². The summed E-state index contributed by atoms with van der Waals surface area (Å²) in [4.78, 5) is 0. The molecule has 0 atom stereocenters. The molecule has 0 spiro atoms. The third-order valence-corrected chi connectivity index (χ3v) is 2.19. The number of hydrogen-bond acceptors (Lipinski definition) is 1. The van der Waals surface area contributed by atoms with Crippen LogP contribution in [0.1, 0.15) is 5.56 Å². The largest absolute Gasteiger partial charge is 1.00 e. The minimum absolute atomic E-state index is 0. The first kappa shape index (κ1) is 16.0. The maximum Gasteiger partial charge on any atom is 1.00 e. The van der Waals surface area contributed by atoms with Gasteiger partial charge in [0.1, 0.15) is 5.75 Å². The van der Waals surface area contributed by atoms with Gasteiger partial charge in [0.15, 0.2) is 0 Å². The van der Waals surface area contributed by atoms with Crippen LogP contribution >= 0.6 is 15.9 Å². The minimum Gasteiger partial charge on any atom is -0.497 e. The monoisotopic (exact) mass is 306 g/mol. The Hall–Kier alpha value is 0.991.